The van der Waals surface area contributed by atoms with E-state index in [1.807, 2.05) is 24.3 Å². The van der Waals surface area contributed by atoms with Crippen molar-refractivity contribution < 1.29 is 10.2 Å². The molecule has 0 amide bonds. The molecule has 1 aliphatic rings. The third-order valence-corrected chi connectivity index (χ3v) is 4.67. The Balaban J connectivity index is 1.78. The number of aliphatic hydroxyl groups excluding tert-OH is 2. The third-order valence-electron chi connectivity index (χ3n) is 3.95. The maximum absolute atomic E-state index is 10.2. The molecule has 1 heterocycles. The van der Waals surface area contributed by atoms with Gasteiger partial charge in [-0.3, -0.25) is 0 Å². The van der Waals surface area contributed by atoms with Crippen molar-refractivity contribution >= 4 is 15.9 Å². The van der Waals surface area contributed by atoms with Crippen LogP contribution in [0, 0.1) is 5.92 Å². The van der Waals surface area contributed by atoms with Gasteiger partial charge in [0.1, 0.15) is 0 Å². The fraction of sp³-hybridized carbons (Fsp3) is 0.600. The van der Waals surface area contributed by atoms with Crippen molar-refractivity contribution in [1.29, 1.82) is 0 Å². The molecular formula is C15H22BrNO2. The molecule has 1 aromatic carbocycles. The SMILES string of the molecule is OCC1CCN(CCC(O)c2ccccc2Br)CC1. The van der Waals surface area contributed by atoms with Crippen LogP contribution >= 0.6 is 15.9 Å². The molecule has 2 N–H and O–H groups in total. The predicted molar refractivity (Wildman–Crippen MR) is 80.0 cm³/mol. The summed E-state index contributed by atoms with van der Waals surface area (Å²) in [6, 6.07) is 7.84. The van der Waals surface area contributed by atoms with Gasteiger partial charge in [-0.1, -0.05) is 34.1 Å². The first kappa shape index (κ1) is 15.0. The van der Waals surface area contributed by atoms with Crippen LogP contribution in [-0.2, 0) is 0 Å². The van der Waals surface area contributed by atoms with Gasteiger partial charge in [0.25, 0.3) is 0 Å². The topological polar surface area (TPSA) is 43.7 Å². The lowest BCUT2D eigenvalue weighted by molar-refractivity contribution is 0.105. The summed E-state index contributed by atoms with van der Waals surface area (Å²) < 4.78 is 0.974. The Bertz CT molecular complexity index is 391. The van der Waals surface area contributed by atoms with E-state index in [1.54, 1.807) is 0 Å². The fourth-order valence-corrected chi connectivity index (χ4v) is 3.15. The van der Waals surface area contributed by atoms with E-state index in [2.05, 4.69) is 20.8 Å². The molecule has 0 radical (unpaired) electrons. The van der Waals surface area contributed by atoms with Crippen LogP contribution in [0.1, 0.15) is 30.9 Å². The Morgan fingerprint density at radius 2 is 1.95 bits per heavy atom. The van der Waals surface area contributed by atoms with Crippen molar-refractivity contribution in [3.8, 4) is 0 Å². The third kappa shape index (κ3) is 4.28. The van der Waals surface area contributed by atoms with Crippen LogP contribution in [0.3, 0.4) is 0 Å². The minimum absolute atomic E-state index is 0.313. The van der Waals surface area contributed by atoms with Gasteiger partial charge in [0.05, 0.1) is 6.10 Å². The maximum Gasteiger partial charge on any atom is 0.0813 e. The summed E-state index contributed by atoms with van der Waals surface area (Å²) in [6.45, 7) is 3.30. The zero-order valence-electron chi connectivity index (χ0n) is 11.1. The number of piperidine rings is 1. The first-order valence-electron chi connectivity index (χ1n) is 6.96. The van der Waals surface area contributed by atoms with Crippen LogP contribution in [-0.4, -0.2) is 41.4 Å². The Kier molecular flexibility index (Phi) is 5.82. The van der Waals surface area contributed by atoms with Crippen molar-refractivity contribution in [3.63, 3.8) is 0 Å². The van der Waals surface area contributed by atoms with Gasteiger partial charge in [-0.2, -0.15) is 0 Å². The van der Waals surface area contributed by atoms with Gasteiger partial charge in [0.2, 0.25) is 0 Å². The predicted octanol–water partition coefficient (Wildman–Crippen LogP) is 2.58. The van der Waals surface area contributed by atoms with Crippen LogP contribution in [0.15, 0.2) is 28.7 Å². The minimum atomic E-state index is -0.411. The summed E-state index contributed by atoms with van der Waals surface area (Å²) in [5.74, 6) is 0.476. The molecule has 1 atom stereocenters. The van der Waals surface area contributed by atoms with E-state index in [-0.39, 0.29) is 0 Å². The van der Waals surface area contributed by atoms with E-state index in [0.717, 1.165) is 48.9 Å². The second-order valence-corrected chi connectivity index (χ2v) is 6.15. The number of rotatable bonds is 5. The van der Waals surface area contributed by atoms with E-state index in [0.29, 0.717) is 12.5 Å². The van der Waals surface area contributed by atoms with E-state index in [1.165, 1.54) is 0 Å². The van der Waals surface area contributed by atoms with E-state index < -0.39 is 6.10 Å². The molecule has 4 heteroatoms. The molecule has 2 rings (SSSR count). The summed E-state index contributed by atoms with van der Waals surface area (Å²) in [7, 11) is 0. The highest BCUT2D eigenvalue weighted by Crippen LogP contribution is 2.26. The molecule has 1 aromatic rings. The van der Waals surface area contributed by atoms with Gasteiger partial charge >= 0.3 is 0 Å². The average Bonchev–Trinajstić information content (AvgIpc) is 2.46. The maximum atomic E-state index is 10.2. The average molecular weight is 328 g/mol. The largest absolute Gasteiger partial charge is 0.396 e. The molecule has 0 aromatic heterocycles. The van der Waals surface area contributed by atoms with Crippen molar-refractivity contribution in [1.82, 2.24) is 4.90 Å². The summed E-state index contributed by atoms with van der Waals surface area (Å²) in [5, 5.41) is 19.3. The zero-order valence-corrected chi connectivity index (χ0v) is 12.7. The van der Waals surface area contributed by atoms with E-state index in [9.17, 15) is 5.11 Å². The Morgan fingerprint density at radius 1 is 1.26 bits per heavy atom. The smallest absolute Gasteiger partial charge is 0.0813 e. The van der Waals surface area contributed by atoms with Gasteiger partial charge in [0.15, 0.2) is 0 Å². The van der Waals surface area contributed by atoms with Gasteiger partial charge in [-0.25, -0.2) is 0 Å². The summed E-state index contributed by atoms with van der Waals surface area (Å²) in [4.78, 5) is 2.38. The van der Waals surface area contributed by atoms with Gasteiger partial charge in [-0.05, 0) is 49.9 Å². The first-order chi connectivity index (χ1) is 9.20. The number of halogens is 1. The monoisotopic (exact) mass is 327 g/mol. The van der Waals surface area contributed by atoms with Crippen molar-refractivity contribution in [3.05, 3.63) is 34.3 Å². The number of aliphatic hydroxyl groups is 2. The molecular weight excluding hydrogens is 306 g/mol. The molecule has 0 saturated carbocycles. The number of benzene rings is 1. The van der Waals surface area contributed by atoms with Crippen molar-refractivity contribution in [2.24, 2.45) is 5.92 Å². The molecule has 1 unspecified atom stereocenters. The van der Waals surface area contributed by atoms with E-state index in [4.69, 9.17) is 5.11 Å². The number of hydrogen-bond donors (Lipinski definition) is 2. The minimum Gasteiger partial charge on any atom is -0.396 e. The molecule has 0 aliphatic carbocycles. The summed E-state index contributed by atoms with van der Waals surface area (Å²) in [5.41, 5.74) is 0.966. The lowest BCUT2D eigenvalue weighted by atomic mass is 9.97. The second-order valence-electron chi connectivity index (χ2n) is 5.29. The molecule has 1 saturated heterocycles. The van der Waals surface area contributed by atoms with Crippen LogP contribution in [0.25, 0.3) is 0 Å². The van der Waals surface area contributed by atoms with E-state index >= 15 is 0 Å². The quantitative estimate of drug-likeness (QED) is 0.873. The summed E-state index contributed by atoms with van der Waals surface area (Å²) in [6.07, 6.45) is 2.49. The Hall–Kier alpha value is -0.420. The standard InChI is InChI=1S/C15H22BrNO2/c16-14-4-2-1-3-13(14)15(19)7-10-17-8-5-12(11-18)6-9-17/h1-4,12,15,18-19H,5-11H2. The van der Waals surface area contributed by atoms with Gasteiger partial charge < -0.3 is 15.1 Å². The number of nitrogens with zero attached hydrogens (tertiary/aromatic N) is 1. The number of likely N-dealkylation sites (tertiary alicyclic amines) is 1. The second kappa shape index (κ2) is 7.39. The van der Waals surface area contributed by atoms with Crippen LogP contribution in [0.4, 0.5) is 0 Å². The highest BCUT2D eigenvalue weighted by atomic mass is 79.9. The summed E-state index contributed by atoms with van der Waals surface area (Å²) >= 11 is 3.48. The molecule has 106 valence electrons. The van der Waals surface area contributed by atoms with Crippen molar-refractivity contribution in [2.45, 2.75) is 25.4 Å². The normalized spacial score (nSPS) is 19.5. The molecule has 0 spiro atoms. The molecule has 0 bridgehead atoms. The fourth-order valence-electron chi connectivity index (χ4n) is 2.60. The lowest BCUT2D eigenvalue weighted by Crippen LogP contribution is -2.35. The van der Waals surface area contributed by atoms with Crippen LogP contribution in [0.5, 0.6) is 0 Å². The highest BCUT2D eigenvalue weighted by molar-refractivity contribution is 9.10. The molecule has 3 nitrogen and oxygen atoms in total. The molecule has 1 aliphatic heterocycles. The Labute approximate surface area is 123 Å². The lowest BCUT2D eigenvalue weighted by Gasteiger charge is -2.31. The molecule has 19 heavy (non-hydrogen) atoms. The van der Waals surface area contributed by atoms with Crippen molar-refractivity contribution in [2.75, 3.05) is 26.2 Å². The van der Waals surface area contributed by atoms with Gasteiger partial charge in [0, 0.05) is 17.6 Å². The highest BCUT2D eigenvalue weighted by Gasteiger charge is 2.19. The Morgan fingerprint density at radius 3 is 2.58 bits per heavy atom. The van der Waals surface area contributed by atoms with Gasteiger partial charge in [-0.15, -0.1) is 0 Å². The van der Waals surface area contributed by atoms with Crippen LogP contribution < -0.4 is 0 Å². The first-order valence-corrected chi connectivity index (χ1v) is 7.75. The van der Waals surface area contributed by atoms with Crippen LogP contribution in [0.2, 0.25) is 0 Å². The number of hydrogen-bond acceptors (Lipinski definition) is 3. The zero-order chi connectivity index (χ0) is 13.7. The molecule has 1 fully saturated rings.